The molecule has 0 aliphatic carbocycles. The van der Waals surface area contributed by atoms with Crippen molar-refractivity contribution in [2.75, 3.05) is 6.61 Å². The zero-order valence-electron chi connectivity index (χ0n) is 9.64. The Balaban J connectivity index is 2.16. The van der Waals surface area contributed by atoms with Crippen molar-refractivity contribution >= 4 is 5.97 Å². The van der Waals surface area contributed by atoms with E-state index in [2.05, 4.69) is 19.2 Å². The Kier molecular flexibility index (Phi) is 3.25. The van der Waals surface area contributed by atoms with E-state index in [1.165, 1.54) is 0 Å². The van der Waals surface area contributed by atoms with Gasteiger partial charge in [-0.05, 0) is 11.5 Å². The van der Waals surface area contributed by atoms with Crippen LogP contribution in [0.2, 0.25) is 0 Å². The van der Waals surface area contributed by atoms with Gasteiger partial charge in [-0.2, -0.15) is 0 Å². The lowest BCUT2D eigenvalue weighted by atomic mass is 9.99. The van der Waals surface area contributed by atoms with Gasteiger partial charge in [0.05, 0.1) is 0 Å². The minimum atomic E-state index is -0.317. The molecule has 0 saturated carbocycles. The first kappa shape index (κ1) is 11.1. The molecule has 0 amide bonds. The lowest BCUT2D eigenvalue weighted by Gasteiger charge is -2.32. The molecule has 1 saturated heterocycles. The highest BCUT2D eigenvalue weighted by atomic mass is 16.5. The quantitative estimate of drug-likeness (QED) is 0.772. The van der Waals surface area contributed by atoms with Crippen molar-refractivity contribution in [3.05, 3.63) is 35.9 Å². The Morgan fingerprint density at radius 3 is 2.62 bits per heavy atom. The van der Waals surface area contributed by atoms with Gasteiger partial charge in [0.2, 0.25) is 0 Å². The predicted octanol–water partition coefficient (Wildman–Crippen LogP) is 1.90. The summed E-state index contributed by atoms with van der Waals surface area (Å²) < 4.78 is 5.22. The molecular formula is C13H17NO2. The number of morpholine rings is 1. The van der Waals surface area contributed by atoms with E-state index < -0.39 is 0 Å². The molecule has 1 aliphatic rings. The van der Waals surface area contributed by atoms with Crippen molar-refractivity contribution in [1.29, 1.82) is 0 Å². The van der Waals surface area contributed by atoms with Crippen LogP contribution in [0.15, 0.2) is 30.3 Å². The number of cyclic esters (lactones) is 1. The van der Waals surface area contributed by atoms with E-state index in [0.29, 0.717) is 12.5 Å². The minimum absolute atomic E-state index is 0.178. The summed E-state index contributed by atoms with van der Waals surface area (Å²) in [5.41, 5.74) is 0.970. The second-order valence-electron chi connectivity index (χ2n) is 4.49. The molecule has 1 aliphatic heterocycles. The van der Waals surface area contributed by atoms with Crippen LogP contribution in [0.3, 0.4) is 0 Å². The number of rotatable bonds is 2. The van der Waals surface area contributed by atoms with Crippen molar-refractivity contribution < 1.29 is 9.53 Å². The fraction of sp³-hybridized carbons (Fsp3) is 0.462. The lowest BCUT2D eigenvalue weighted by molar-refractivity contribution is -0.152. The Morgan fingerprint density at radius 2 is 2.00 bits per heavy atom. The smallest absolute Gasteiger partial charge is 0.327 e. The molecule has 0 radical (unpaired) electrons. The molecule has 16 heavy (non-hydrogen) atoms. The summed E-state index contributed by atoms with van der Waals surface area (Å²) in [7, 11) is 0. The Bertz CT molecular complexity index is 361. The number of carbonyl (C=O) groups excluding carboxylic acids is 1. The van der Waals surface area contributed by atoms with Crippen molar-refractivity contribution in [3.63, 3.8) is 0 Å². The molecule has 1 heterocycles. The number of nitrogens with one attached hydrogen (secondary N) is 1. The van der Waals surface area contributed by atoms with Crippen molar-refractivity contribution in [2.24, 2.45) is 5.92 Å². The monoisotopic (exact) mass is 219 g/mol. The summed E-state index contributed by atoms with van der Waals surface area (Å²) in [6, 6.07) is 9.62. The average Bonchev–Trinajstić information content (AvgIpc) is 2.30. The van der Waals surface area contributed by atoms with Gasteiger partial charge in [0.25, 0.3) is 0 Å². The first-order valence-electron chi connectivity index (χ1n) is 5.66. The van der Waals surface area contributed by atoms with Crippen LogP contribution in [-0.4, -0.2) is 18.6 Å². The van der Waals surface area contributed by atoms with Crippen LogP contribution in [0.5, 0.6) is 0 Å². The van der Waals surface area contributed by atoms with Crippen LogP contribution < -0.4 is 5.32 Å². The van der Waals surface area contributed by atoms with Gasteiger partial charge in [-0.3, -0.25) is 5.32 Å². The third-order valence-corrected chi connectivity index (χ3v) is 2.96. The normalized spacial score (nSPS) is 25.6. The highest BCUT2D eigenvalue weighted by Crippen LogP contribution is 2.21. The van der Waals surface area contributed by atoms with Gasteiger partial charge in [0.15, 0.2) is 0 Å². The third kappa shape index (κ3) is 2.25. The SMILES string of the molecule is CC(C)[C@H]1COC(=O)[C@@H](c2ccccc2)N1. The number of hydrogen-bond acceptors (Lipinski definition) is 3. The standard InChI is InChI=1S/C13H17NO2/c1-9(2)11-8-16-13(15)12(14-11)10-6-4-3-5-7-10/h3-7,9,11-12,14H,8H2,1-2H3/t11-,12-/m1/s1. The number of ether oxygens (including phenoxy) is 1. The van der Waals surface area contributed by atoms with E-state index in [1.807, 2.05) is 30.3 Å². The van der Waals surface area contributed by atoms with Crippen LogP contribution in [-0.2, 0) is 9.53 Å². The van der Waals surface area contributed by atoms with E-state index >= 15 is 0 Å². The van der Waals surface area contributed by atoms with Gasteiger partial charge in [0, 0.05) is 6.04 Å². The van der Waals surface area contributed by atoms with E-state index in [1.54, 1.807) is 0 Å². The molecule has 3 heteroatoms. The van der Waals surface area contributed by atoms with Crippen LogP contribution in [0, 0.1) is 5.92 Å². The van der Waals surface area contributed by atoms with Crippen molar-refractivity contribution in [3.8, 4) is 0 Å². The van der Waals surface area contributed by atoms with Gasteiger partial charge < -0.3 is 4.74 Å². The van der Waals surface area contributed by atoms with Gasteiger partial charge in [0.1, 0.15) is 12.6 Å². The molecule has 0 aromatic heterocycles. The first-order chi connectivity index (χ1) is 7.68. The second-order valence-corrected chi connectivity index (χ2v) is 4.49. The largest absolute Gasteiger partial charge is 0.463 e. The zero-order chi connectivity index (χ0) is 11.5. The van der Waals surface area contributed by atoms with Crippen LogP contribution in [0.1, 0.15) is 25.5 Å². The van der Waals surface area contributed by atoms with Gasteiger partial charge in [-0.25, -0.2) is 4.79 Å². The molecule has 0 spiro atoms. The van der Waals surface area contributed by atoms with Crippen molar-refractivity contribution in [1.82, 2.24) is 5.32 Å². The average molecular weight is 219 g/mol. The van der Waals surface area contributed by atoms with Gasteiger partial charge >= 0.3 is 5.97 Å². The molecule has 1 aromatic carbocycles. The molecule has 86 valence electrons. The molecule has 2 rings (SSSR count). The summed E-state index contributed by atoms with van der Waals surface area (Å²) in [5, 5.41) is 3.34. The van der Waals surface area contributed by atoms with E-state index in [0.717, 1.165) is 5.56 Å². The highest BCUT2D eigenvalue weighted by Gasteiger charge is 2.31. The Labute approximate surface area is 95.8 Å². The first-order valence-corrected chi connectivity index (χ1v) is 5.66. The topological polar surface area (TPSA) is 38.3 Å². The molecule has 0 bridgehead atoms. The van der Waals surface area contributed by atoms with E-state index in [4.69, 9.17) is 4.74 Å². The highest BCUT2D eigenvalue weighted by molar-refractivity contribution is 5.78. The summed E-state index contributed by atoms with van der Waals surface area (Å²) in [6.45, 7) is 4.72. The zero-order valence-corrected chi connectivity index (χ0v) is 9.64. The number of hydrogen-bond donors (Lipinski definition) is 1. The summed E-state index contributed by atoms with van der Waals surface area (Å²) in [5.74, 6) is 0.280. The molecule has 1 N–H and O–H groups in total. The number of esters is 1. The van der Waals surface area contributed by atoms with E-state index in [-0.39, 0.29) is 18.1 Å². The fourth-order valence-corrected chi connectivity index (χ4v) is 1.85. The predicted molar refractivity (Wildman–Crippen MR) is 61.9 cm³/mol. The molecule has 3 nitrogen and oxygen atoms in total. The fourth-order valence-electron chi connectivity index (χ4n) is 1.85. The maximum absolute atomic E-state index is 11.7. The molecule has 0 unspecified atom stereocenters. The van der Waals surface area contributed by atoms with Crippen LogP contribution >= 0.6 is 0 Å². The van der Waals surface area contributed by atoms with Crippen LogP contribution in [0.4, 0.5) is 0 Å². The number of benzene rings is 1. The van der Waals surface area contributed by atoms with Crippen molar-refractivity contribution in [2.45, 2.75) is 25.9 Å². The summed E-state index contributed by atoms with van der Waals surface area (Å²) in [6.07, 6.45) is 0. The third-order valence-electron chi connectivity index (χ3n) is 2.96. The molecule has 1 fully saturated rings. The summed E-state index contributed by atoms with van der Waals surface area (Å²) >= 11 is 0. The molecule has 2 atom stereocenters. The molecular weight excluding hydrogens is 202 g/mol. The Morgan fingerprint density at radius 1 is 1.31 bits per heavy atom. The minimum Gasteiger partial charge on any atom is -0.463 e. The maximum atomic E-state index is 11.7. The van der Waals surface area contributed by atoms with E-state index in [9.17, 15) is 4.79 Å². The molecule has 1 aromatic rings. The lowest BCUT2D eigenvalue weighted by Crippen LogP contribution is -2.49. The summed E-state index contributed by atoms with van der Waals surface area (Å²) in [4.78, 5) is 11.7. The second kappa shape index (κ2) is 4.66. The number of carbonyl (C=O) groups is 1. The van der Waals surface area contributed by atoms with Crippen LogP contribution in [0.25, 0.3) is 0 Å². The van der Waals surface area contributed by atoms with Gasteiger partial charge in [-0.1, -0.05) is 44.2 Å². The Hall–Kier alpha value is -1.35. The maximum Gasteiger partial charge on any atom is 0.327 e. The van der Waals surface area contributed by atoms with Gasteiger partial charge in [-0.15, -0.1) is 0 Å².